The molecular weight excluding hydrogens is 302 g/mol. The highest BCUT2D eigenvalue weighted by Gasteiger charge is 2.14. The normalized spacial score (nSPS) is 10.9. The summed E-state index contributed by atoms with van der Waals surface area (Å²) in [5.41, 5.74) is 1.33. The van der Waals surface area contributed by atoms with Gasteiger partial charge in [-0.3, -0.25) is 9.52 Å². The van der Waals surface area contributed by atoms with Crippen molar-refractivity contribution in [2.45, 2.75) is 13.0 Å². The van der Waals surface area contributed by atoms with Gasteiger partial charge in [-0.25, -0.2) is 8.42 Å². The molecule has 0 aliphatic heterocycles. The van der Waals surface area contributed by atoms with Crippen LogP contribution in [-0.4, -0.2) is 20.1 Å². The van der Waals surface area contributed by atoms with Crippen molar-refractivity contribution in [3.63, 3.8) is 0 Å². The molecule has 0 spiro atoms. The van der Waals surface area contributed by atoms with E-state index in [1.54, 1.807) is 30.3 Å². The maximum atomic E-state index is 11.9. The van der Waals surface area contributed by atoms with E-state index >= 15 is 0 Å². The van der Waals surface area contributed by atoms with E-state index in [9.17, 15) is 13.2 Å². The van der Waals surface area contributed by atoms with Crippen molar-refractivity contribution >= 4 is 21.7 Å². The Labute approximate surface area is 130 Å². The molecule has 0 bridgehead atoms. The standard InChI is InChI=1S/C16H17NO4S/c18-16(21-13-14-7-3-1-4-8-14)11-12-22(19,20)17-15-9-5-2-6-10-15/h1-10,17H,11-13H2. The number of sulfonamides is 1. The quantitative estimate of drug-likeness (QED) is 0.796. The number of hydrogen-bond acceptors (Lipinski definition) is 4. The fourth-order valence-electron chi connectivity index (χ4n) is 1.76. The van der Waals surface area contributed by atoms with Gasteiger partial charge in [-0.1, -0.05) is 48.5 Å². The molecular formula is C16H17NO4S. The van der Waals surface area contributed by atoms with E-state index in [4.69, 9.17) is 4.74 Å². The number of carbonyl (C=O) groups is 1. The Morgan fingerprint density at radius 1 is 0.955 bits per heavy atom. The summed E-state index contributed by atoms with van der Waals surface area (Å²) < 4.78 is 31.2. The number of ether oxygens (including phenoxy) is 1. The van der Waals surface area contributed by atoms with Crippen molar-refractivity contribution < 1.29 is 17.9 Å². The van der Waals surface area contributed by atoms with Crippen molar-refractivity contribution in [1.29, 1.82) is 0 Å². The average molecular weight is 319 g/mol. The fourth-order valence-corrected chi connectivity index (χ4v) is 2.80. The van der Waals surface area contributed by atoms with E-state index in [1.807, 2.05) is 30.3 Å². The Hall–Kier alpha value is -2.34. The Balaban J connectivity index is 1.78. The lowest BCUT2D eigenvalue weighted by Crippen LogP contribution is -2.19. The lowest BCUT2D eigenvalue weighted by atomic mass is 10.2. The second kappa shape index (κ2) is 7.61. The van der Waals surface area contributed by atoms with E-state index < -0.39 is 16.0 Å². The highest BCUT2D eigenvalue weighted by atomic mass is 32.2. The SMILES string of the molecule is O=C(CCS(=O)(=O)Nc1ccccc1)OCc1ccccc1. The van der Waals surface area contributed by atoms with E-state index in [0.29, 0.717) is 5.69 Å². The zero-order valence-electron chi connectivity index (χ0n) is 11.9. The summed E-state index contributed by atoms with van der Waals surface area (Å²) >= 11 is 0. The van der Waals surface area contributed by atoms with Gasteiger partial charge in [0, 0.05) is 5.69 Å². The van der Waals surface area contributed by atoms with Crippen molar-refractivity contribution in [2.75, 3.05) is 10.5 Å². The first-order valence-corrected chi connectivity index (χ1v) is 8.45. The molecule has 0 saturated carbocycles. The van der Waals surface area contributed by atoms with Gasteiger partial charge in [-0.2, -0.15) is 0 Å². The number of nitrogens with one attached hydrogen (secondary N) is 1. The van der Waals surface area contributed by atoms with Crippen LogP contribution >= 0.6 is 0 Å². The second-order valence-corrected chi connectivity index (χ2v) is 6.53. The molecule has 22 heavy (non-hydrogen) atoms. The van der Waals surface area contributed by atoms with Gasteiger partial charge >= 0.3 is 5.97 Å². The average Bonchev–Trinajstić information content (AvgIpc) is 2.53. The van der Waals surface area contributed by atoms with Crippen LogP contribution in [0.1, 0.15) is 12.0 Å². The number of rotatable bonds is 7. The Bertz CT molecular complexity index is 699. The molecule has 0 fully saturated rings. The van der Waals surface area contributed by atoms with Crippen LogP contribution in [0.25, 0.3) is 0 Å². The smallest absolute Gasteiger partial charge is 0.307 e. The van der Waals surface area contributed by atoms with Gasteiger partial charge in [0.25, 0.3) is 0 Å². The summed E-state index contributed by atoms with van der Waals surface area (Å²) in [5.74, 6) is -0.850. The summed E-state index contributed by atoms with van der Waals surface area (Å²) in [5, 5.41) is 0. The van der Waals surface area contributed by atoms with Crippen LogP contribution < -0.4 is 4.72 Å². The molecule has 1 N–H and O–H groups in total. The Kier molecular flexibility index (Phi) is 5.55. The van der Waals surface area contributed by atoms with Crippen LogP contribution in [0.3, 0.4) is 0 Å². The number of esters is 1. The van der Waals surface area contributed by atoms with Gasteiger partial charge in [0.15, 0.2) is 0 Å². The highest BCUT2D eigenvalue weighted by Crippen LogP contribution is 2.09. The first kappa shape index (κ1) is 16.0. The third-order valence-electron chi connectivity index (χ3n) is 2.86. The van der Waals surface area contributed by atoms with E-state index in [0.717, 1.165) is 5.56 Å². The van der Waals surface area contributed by atoms with Crippen molar-refractivity contribution in [3.8, 4) is 0 Å². The van der Waals surface area contributed by atoms with E-state index in [1.165, 1.54) is 0 Å². The molecule has 0 aliphatic carbocycles. The molecule has 0 atom stereocenters. The summed E-state index contributed by atoms with van der Waals surface area (Å²) in [4.78, 5) is 11.6. The Morgan fingerprint density at radius 3 is 2.18 bits per heavy atom. The van der Waals surface area contributed by atoms with Crippen molar-refractivity contribution in [1.82, 2.24) is 0 Å². The third-order valence-corrected chi connectivity index (χ3v) is 4.15. The first-order valence-electron chi connectivity index (χ1n) is 6.80. The zero-order valence-corrected chi connectivity index (χ0v) is 12.8. The summed E-state index contributed by atoms with van der Waals surface area (Å²) in [6, 6.07) is 17.8. The largest absolute Gasteiger partial charge is 0.461 e. The number of anilines is 1. The van der Waals surface area contributed by atoms with Crippen LogP contribution in [0, 0.1) is 0 Å². The van der Waals surface area contributed by atoms with Crippen LogP contribution in [0.2, 0.25) is 0 Å². The molecule has 0 aliphatic rings. The molecule has 0 heterocycles. The van der Waals surface area contributed by atoms with Crippen LogP contribution in [0.15, 0.2) is 60.7 Å². The second-order valence-electron chi connectivity index (χ2n) is 4.68. The zero-order chi connectivity index (χ0) is 15.8. The monoisotopic (exact) mass is 319 g/mol. The van der Waals surface area contributed by atoms with Gasteiger partial charge in [0.1, 0.15) is 6.61 Å². The lowest BCUT2D eigenvalue weighted by molar-refractivity contribution is -0.144. The maximum absolute atomic E-state index is 11.9. The molecule has 0 amide bonds. The lowest BCUT2D eigenvalue weighted by Gasteiger charge is -2.08. The minimum absolute atomic E-state index is 0.145. The molecule has 0 aromatic heterocycles. The molecule has 116 valence electrons. The number of hydrogen-bond donors (Lipinski definition) is 1. The van der Waals surface area contributed by atoms with E-state index in [-0.39, 0.29) is 18.8 Å². The van der Waals surface area contributed by atoms with Crippen LogP contribution in [-0.2, 0) is 26.2 Å². The molecule has 0 saturated heterocycles. The van der Waals surface area contributed by atoms with Crippen LogP contribution in [0.4, 0.5) is 5.69 Å². The molecule has 5 nitrogen and oxygen atoms in total. The minimum atomic E-state index is -3.56. The van der Waals surface area contributed by atoms with E-state index in [2.05, 4.69) is 4.72 Å². The minimum Gasteiger partial charge on any atom is -0.461 e. The van der Waals surface area contributed by atoms with Gasteiger partial charge in [0.05, 0.1) is 12.2 Å². The number of benzene rings is 2. The van der Waals surface area contributed by atoms with Gasteiger partial charge in [0.2, 0.25) is 10.0 Å². The molecule has 2 aromatic rings. The molecule has 6 heteroatoms. The predicted octanol–water partition coefficient (Wildman–Crippen LogP) is 2.56. The Morgan fingerprint density at radius 2 is 1.55 bits per heavy atom. The van der Waals surface area contributed by atoms with Gasteiger partial charge in [-0.15, -0.1) is 0 Å². The molecule has 2 rings (SSSR count). The van der Waals surface area contributed by atoms with Crippen molar-refractivity contribution in [2.24, 2.45) is 0 Å². The third kappa shape index (κ3) is 5.57. The summed E-state index contributed by atoms with van der Waals surface area (Å²) in [6.07, 6.45) is -0.186. The first-order chi connectivity index (χ1) is 10.6. The number of carbonyl (C=O) groups excluding carboxylic acids is 1. The van der Waals surface area contributed by atoms with Gasteiger partial charge < -0.3 is 4.74 Å². The number of para-hydroxylation sites is 1. The fraction of sp³-hybridized carbons (Fsp3) is 0.188. The molecule has 0 radical (unpaired) electrons. The highest BCUT2D eigenvalue weighted by molar-refractivity contribution is 7.92. The predicted molar refractivity (Wildman–Crippen MR) is 84.7 cm³/mol. The summed E-state index contributed by atoms with van der Waals surface area (Å²) in [7, 11) is -3.56. The van der Waals surface area contributed by atoms with Crippen LogP contribution in [0.5, 0.6) is 0 Å². The van der Waals surface area contributed by atoms with Crippen molar-refractivity contribution in [3.05, 3.63) is 66.2 Å². The molecule has 2 aromatic carbocycles. The maximum Gasteiger partial charge on any atom is 0.307 e. The van der Waals surface area contributed by atoms with Gasteiger partial charge in [-0.05, 0) is 17.7 Å². The molecule has 0 unspecified atom stereocenters. The summed E-state index contributed by atoms with van der Waals surface area (Å²) in [6.45, 7) is 0.145. The topological polar surface area (TPSA) is 72.5 Å².